The van der Waals surface area contributed by atoms with Gasteiger partial charge in [0.1, 0.15) is 0 Å². The molecule has 0 aromatic heterocycles. The van der Waals surface area contributed by atoms with E-state index in [-0.39, 0.29) is 23.7 Å². The van der Waals surface area contributed by atoms with Gasteiger partial charge in [-0.3, -0.25) is 19.7 Å². The summed E-state index contributed by atoms with van der Waals surface area (Å²) in [6.07, 6.45) is 5.00. The molecule has 1 heterocycles. The highest BCUT2D eigenvalue weighted by Gasteiger charge is 2.63. The van der Waals surface area contributed by atoms with Crippen molar-refractivity contribution in [3.8, 4) is 0 Å². The van der Waals surface area contributed by atoms with Crippen molar-refractivity contribution in [2.75, 3.05) is 7.11 Å². The van der Waals surface area contributed by atoms with Gasteiger partial charge in [-0.2, -0.15) is 0 Å². The van der Waals surface area contributed by atoms with Crippen LogP contribution < -0.4 is 5.32 Å². The molecule has 4 unspecified atom stereocenters. The maximum Gasteiger partial charge on any atom is 0.316 e. The van der Waals surface area contributed by atoms with E-state index in [0.717, 1.165) is 6.42 Å². The number of esters is 1. The minimum Gasteiger partial charge on any atom is -0.468 e. The molecule has 5 nitrogen and oxygen atoms in total. The summed E-state index contributed by atoms with van der Waals surface area (Å²) in [6.45, 7) is 0. The predicted molar refractivity (Wildman–Crippen MR) is 56.4 cm³/mol. The van der Waals surface area contributed by atoms with Gasteiger partial charge in [0.25, 0.3) is 0 Å². The molecule has 2 amide bonds. The number of hydrogen-bond donors (Lipinski definition) is 1. The zero-order valence-corrected chi connectivity index (χ0v) is 9.43. The molecule has 2 bridgehead atoms. The van der Waals surface area contributed by atoms with E-state index < -0.39 is 17.3 Å². The number of methoxy groups -OCH3 is 1. The first-order valence-corrected chi connectivity index (χ1v) is 5.72. The summed E-state index contributed by atoms with van der Waals surface area (Å²) < 4.78 is 4.82. The van der Waals surface area contributed by atoms with E-state index in [2.05, 4.69) is 5.32 Å². The van der Waals surface area contributed by atoms with Gasteiger partial charge in [0.2, 0.25) is 11.8 Å². The SMILES string of the molecule is COC(=O)C12C=CC(CC1)C1C(=O)NC(=O)C12. The first-order chi connectivity index (χ1) is 8.10. The fourth-order valence-electron chi connectivity index (χ4n) is 3.52. The van der Waals surface area contributed by atoms with Gasteiger partial charge in [-0.15, -0.1) is 0 Å². The Labute approximate surface area is 98.2 Å². The van der Waals surface area contributed by atoms with Gasteiger partial charge in [-0.1, -0.05) is 12.2 Å². The third kappa shape index (κ3) is 1.11. The zero-order chi connectivity index (χ0) is 12.2. The lowest BCUT2D eigenvalue weighted by atomic mass is 9.55. The molecule has 0 aromatic rings. The van der Waals surface area contributed by atoms with E-state index in [1.165, 1.54) is 7.11 Å². The van der Waals surface area contributed by atoms with E-state index in [0.29, 0.717) is 6.42 Å². The predicted octanol–water partition coefficient (Wildman–Crippen LogP) is 0.0144. The third-order valence-electron chi connectivity index (χ3n) is 4.30. The fraction of sp³-hybridized carbons (Fsp3) is 0.583. The van der Waals surface area contributed by atoms with Crippen LogP contribution in [-0.4, -0.2) is 24.9 Å². The summed E-state index contributed by atoms with van der Waals surface area (Å²) in [5, 5.41) is 2.34. The van der Waals surface area contributed by atoms with Crippen molar-refractivity contribution in [3.63, 3.8) is 0 Å². The molecule has 0 radical (unpaired) electrons. The lowest BCUT2D eigenvalue weighted by Crippen LogP contribution is -2.51. The van der Waals surface area contributed by atoms with E-state index in [4.69, 9.17) is 4.74 Å². The molecule has 0 spiro atoms. The Morgan fingerprint density at radius 2 is 2.24 bits per heavy atom. The van der Waals surface area contributed by atoms with Crippen molar-refractivity contribution in [2.45, 2.75) is 12.8 Å². The minimum atomic E-state index is -0.926. The number of allylic oxidation sites excluding steroid dienone is 1. The van der Waals surface area contributed by atoms with Crippen LogP contribution in [0.5, 0.6) is 0 Å². The number of amides is 2. The summed E-state index contributed by atoms with van der Waals surface area (Å²) in [4.78, 5) is 35.6. The van der Waals surface area contributed by atoms with Crippen LogP contribution in [0, 0.1) is 23.2 Å². The van der Waals surface area contributed by atoms with Crippen molar-refractivity contribution in [3.05, 3.63) is 12.2 Å². The number of rotatable bonds is 1. The molecule has 1 N–H and O–H groups in total. The highest BCUT2D eigenvalue weighted by atomic mass is 16.5. The average Bonchev–Trinajstić information content (AvgIpc) is 2.68. The molecule has 4 rings (SSSR count). The second-order valence-corrected chi connectivity index (χ2v) is 4.95. The van der Waals surface area contributed by atoms with Gasteiger partial charge in [-0.05, 0) is 18.8 Å². The van der Waals surface area contributed by atoms with Crippen molar-refractivity contribution in [2.24, 2.45) is 23.2 Å². The molecule has 17 heavy (non-hydrogen) atoms. The van der Waals surface area contributed by atoms with Gasteiger partial charge in [0.05, 0.1) is 24.4 Å². The molecule has 4 atom stereocenters. The van der Waals surface area contributed by atoms with Crippen molar-refractivity contribution in [1.82, 2.24) is 5.32 Å². The lowest BCUT2D eigenvalue weighted by molar-refractivity contribution is -0.161. The molecular formula is C12H13NO4. The molecular weight excluding hydrogens is 222 g/mol. The van der Waals surface area contributed by atoms with E-state index in [1.54, 1.807) is 6.08 Å². The maximum absolute atomic E-state index is 12.0. The normalized spacial score (nSPS) is 42.3. The number of hydrogen-bond acceptors (Lipinski definition) is 4. The Kier molecular flexibility index (Phi) is 1.97. The molecule has 0 aromatic carbocycles. The molecule has 4 aliphatic rings. The Morgan fingerprint density at radius 1 is 1.47 bits per heavy atom. The molecule has 90 valence electrons. The Morgan fingerprint density at radius 3 is 2.82 bits per heavy atom. The van der Waals surface area contributed by atoms with Crippen LogP contribution >= 0.6 is 0 Å². The van der Waals surface area contributed by atoms with Crippen LogP contribution in [0.25, 0.3) is 0 Å². The highest BCUT2D eigenvalue weighted by Crippen LogP contribution is 2.55. The largest absolute Gasteiger partial charge is 0.468 e. The Bertz CT molecular complexity index is 455. The lowest BCUT2D eigenvalue weighted by Gasteiger charge is -2.45. The molecule has 2 fully saturated rings. The van der Waals surface area contributed by atoms with Crippen LogP contribution in [0.2, 0.25) is 0 Å². The fourth-order valence-corrected chi connectivity index (χ4v) is 3.52. The standard InChI is InChI=1S/C12H13NO4/c1-17-11(16)12-4-2-6(3-5-12)7-8(12)10(15)13-9(7)14/h2,4,6-8H,3,5H2,1H3,(H,13,14,15). The molecule has 5 heteroatoms. The topological polar surface area (TPSA) is 72.5 Å². The van der Waals surface area contributed by atoms with Gasteiger partial charge in [-0.25, -0.2) is 0 Å². The summed E-state index contributed by atoms with van der Waals surface area (Å²) in [5.74, 6) is -1.88. The summed E-state index contributed by atoms with van der Waals surface area (Å²) in [6, 6.07) is 0. The number of carbonyl (C=O) groups excluding carboxylic acids is 3. The van der Waals surface area contributed by atoms with Crippen LogP contribution in [0.1, 0.15) is 12.8 Å². The monoisotopic (exact) mass is 235 g/mol. The zero-order valence-electron chi connectivity index (χ0n) is 9.43. The van der Waals surface area contributed by atoms with Crippen LogP contribution in [0.4, 0.5) is 0 Å². The van der Waals surface area contributed by atoms with Crippen LogP contribution in [0.15, 0.2) is 12.2 Å². The maximum atomic E-state index is 12.0. The summed E-state index contributed by atoms with van der Waals surface area (Å²) >= 11 is 0. The van der Waals surface area contributed by atoms with Gasteiger partial charge in [0, 0.05) is 0 Å². The number of imide groups is 1. The first-order valence-electron chi connectivity index (χ1n) is 5.72. The molecule has 1 saturated carbocycles. The third-order valence-corrected chi connectivity index (χ3v) is 4.30. The van der Waals surface area contributed by atoms with Gasteiger partial charge >= 0.3 is 5.97 Å². The molecule has 3 aliphatic carbocycles. The second kappa shape index (κ2) is 3.18. The number of ether oxygens (including phenoxy) is 1. The number of nitrogens with one attached hydrogen (secondary N) is 1. The van der Waals surface area contributed by atoms with Crippen LogP contribution in [0.3, 0.4) is 0 Å². The smallest absolute Gasteiger partial charge is 0.316 e. The highest BCUT2D eigenvalue weighted by molar-refractivity contribution is 6.08. The molecule has 1 saturated heterocycles. The number of carbonyl (C=O) groups is 3. The van der Waals surface area contributed by atoms with E-state index in [9.17, 15) is 14.4 Å². The van der Waals surface area contributed by atoms with Gasteiger partial charge < -0.3 is 4.74 Å². The first kappa shape index (κ1) is 10.5. The quantitative estimate of drug-likeness (QED) is 0.395. The summed E-state index contributed by atoms with van der Waals surface area (Å²) in [5.41, 5.74) is -0.926. The van der Waals surface area contributed by atoms with Gasteiger partial charge in [0.15, 0.2) is 0 Å². The molecule has 1 aliphatic heterocycles. The van der Waals surface area contributed by atoms with Crippen molar-refractivity contribution in [1.29, 1.82) is 0 Å². The Hall–Kier alpha value is -1.65. The van der Waals surface area contributed by atoms with E-state index >= 15 is 0 Å². The van der Waals surface area contributed by atoms with Crippen molar-refractivity contribution >= 4 is 17.8 Å². The average molecular weight is 235 g/mol. The Balaban J connectivity index is 2.12. The van der Waals surface area contributed by atoms with Crippen LogP contribution in [-0.2, 0) is 19.1 Å². The number of fused-ring (bicyclic) bond motifs is 1. The second-order valence-electron chi connectivity index (χ2n) is 4.95. The van der Waals surface area contributed by atoms with E-state index in [1.807, 2.05) is 6.08 Å². The van der Waals surface area contributed by atoms with Crippen molar-refractivity contribution < 1.29 is 19.1 Å². The minimum absolute atomic E-state index is 0.0815. The summed E-state index contributed by atoms with van der Waals surface area (Å²) in [7, 11) is 1.31.